The van der Waals surface area contributed by atoms with Gasteiger partial charge in [0.05, 0.1) is 0 Å². The Kier molecular flexibility index (Phi) is 6.18. The fourth-order valence-corrected chi connectivity index (χ4v) is 3.63. The molecule has 2 aromatic carbocycles. The van der Waals surface area contributed by atoms with Crippen molar-refractivity contribution in [2.45, 2.75) is 13.8 Å². The van der Waals surface area contributed by atoms with Crippen molar-refractivity contribution in [3.8, 4) is 11.8 Å². The molecule has 1 heterocycles. The SMILES string of the molecule is Cc1cc(/C=C(/C#N)C(=O)Nc2ccc(Br)cc2)c(C)n1-c1cccc(Br)c1. The van der Waals surface area contributed by atoms with E-state index in [1.54, 1.807) is 18.2 Å². The first-order chi connectivity index (χ1) is 13.4. The van der Waals surface area contributed by atoms with Crippen LogP contribution in [0.1, 0.15) is 17.0 Å². The molecule has 0 saturated carbocycles. The van der Waals surface area contributed by atoms with E-state index in [0.717, 1.165) is 31.6 Å². The van der Waals surface area contributed by atoms with Gasteiger partial charge in [-0.25, -0.2) is 0 Å². The highest BCUT2D eigenvalue weighted by Gasteiger charge is 2.14. The van der Waals surface area contributed by atoms with E-state index in [4.69, 9.17) is 0 Å². The number of rotatable bonds is 4. The van der Waals surface area contributed by atoms with Gasteiger partial charge < -0.3 is 9.88 Å². The average Bonchev–Trinajstić information content (AvgIpc) is 2.94. The average molecular weight is 499 g/mol. The summed E-state index contributed by atoms with van der Waals surface area (Å²) < 4.78 is 4.00. The van der Waals surface area contributed by atoms with Crippen molar-refractivity contribution in [3.63, 3.8) is 0 Å². The zero-order chi connectivity index (χ0) is 20.3. The number of nitrogens with zero attached hydrogens (tertiary/aromatic N) is 2. The van der Waals surface area contributed by atoms with Gasteiger partial charge in [-0.05, 0) is 74.0 Å². The first kappa shape index (κ1) is 20.1. The van der Waals surface area contributed by atoms with Crippen LogP contribution < -0.4 is 5.32 Å². The van der Waals surface area contributed by atoms with Crippen molar-refractivity contribution in [3.05, 3.63) is 86.1 Å². The molecule has 0 aliphatic rings. The van der Waals surface area contributed by atoms with Crippen LogP contribution in [0.3, 0.4) is 0 Å². The summed E-state index contributed by atoms with van der Waals surface area (Å²) in [5.74, 6) is -0.433. The summed E-state index contributed by atoms with van der Waals surface area (Å²) in [5.41, 5.74) is 4.51. The maximum absolute atomic E-state index is 12.5. The molecule has 0 fully saturated rings. The first-order valence-electron chi connectivity index (χ1n) is 8.52. The van der Waals surface area contributed by atoms with Gasteiger partial charge in [0, 0.05) is 31.7 Å². The van der Waals surface area contributed by atoms with Crippen LogP contribution in [0.15, 0.2) is 69.1 Å². The Morgan fingerprint density at radius 3 is 2.43 bits per heavy atom. The van der Waals surface area contributed by atoms with Gasteiger partial charge in [-0.1, -0.05) is 37.9 Å². The zero-order valence-corrected chi connectivity index (χ0v) is 18.5. The van der Waals surface area contributed by atoms with E-state index in [0.29, 0.717) is 5.69 Å². The molecule has 1 amide bonds. The van der Waals surface area contributed by atoms with E-state index in [1.165, 1.54) is 0 Å². The molecule has 0 radical (unpaired) electrons. The molecule has 0 aliphatic heterocycles. The molecule has 3 rings (SSSR count). The first-order valence-corrected chi connectivity index (χ1v) is 10.1. The second-order valence-corrected chi connectivity index (χ2v) is 8.10. The van der Waals surface area contributed by atoms with Gasteiger partial charge in [0.1, 0.15) is 11.6 Å². The summed E-state index contributed by atoms with van der Waals surface area (Å²) in [4.78, 5) is 12.5. The predicted molar refractivity (Wildman–Crippen MR) is 119 cm³/mol. The molecule has 6 heteroatoms. The number of aromatic nitrogens is 1. The molecule has 1 N–H and O–H groups in total. The highest BCUT2D eigenvalue weighted by Crippen LogP contribution is 2.25. The number of aryl methyl sites for hydroxylation is 1. The standard InChI is InChI=1S/C22H17Br2N3O/c1-14-10-16(15(2)27(14)21-5-3-4-19(24)12-21)11-17(13-25)22(28)26-20-8-6-18(23)7-9-20/h3-12H,1-2H3,(H,26,28)/b17-11-. The minimum atomic E-state index is -0.433. The van der Waals surface area contributed by atoms with Gasteiger partial charge in [-0.3, -0.25) is 4.79 Å². The van der Waals surface area contributed by atoms with Crippen LogP contribution in [-0.4, -0.2) is 10.5 Å². The molecular formula is C22H17Br2N3O. The lowest BCUT2D eigenvalue weighted by molar-refractivity contribution is -0.112. The van der Waals surface area contributed by atoms with E-state index in [9.17, 15) is 10.1 Å². The van der Waals surface area contributed by atoms with Gasteiger partial charge in [0.15, 0.2) is 0 Å². The van der Waals surface area contributed by atoms with E-state index in [2.05, 4.69) is 41.7 Å². The third kappa shape index (κ3) is 4.44. The van der Waals surface area contributed by atoms with Crippen molar-refractivity contribution in [1.29, 1.82) is 5.26 Å². The molecule has 0 spiro atoms. The van der Waals surface area contributed by atoms with Crippen LogP contribution in [0.4, 0.5) is 5.69 Å². The second-order valence-electron chi connectivity index (χ2n) is 6.27. The van der Waals surface area contributed by atoms with E-state index in [1.807, 2.05) is 62.4 Å². The molecular weight excluding hydrogens is 482 g/mol. The summed E-state index contributed by atoms with van der Waals surface area (Å²) in [5, 5.41) is 12.3. The van der Waals surface area contributed by atoms with Crippen LogP contribution >= 0.6 is 31.9 Å². The molecule has 0 aliphatic carbocycles. The van der Waals surface area contributed by atoms with Crippen LogP contribution in [0.25, 0.3) is 11.8 Å². The van der Waals surface area contributed by atoms with E-state index in [-0.39, 0.29) is 5.57 Å². The Labute approximate surface area is 180 Å². The van der Waals surface area contributed by atoms with E-state index >= 15 is 0 Å². The number of benzene rings is 2. The van der Waals surface area contributed by atoms with E-state index < -0.39 is 5.91 Å². The van der Waals surface area contributed by atoms with Gasteiger partial charge in [-0.15, -0.1) is 0 Å². The molecule has 1 aromatic heterocycles. The molecule has 4 nitrogen and oxygen atoms in total. The minimum Gasteiger partial charge on any atom is -0.321 e. The number of carbonyl (C=O) groups is 1. The predicted octanol–water partition coefficient (Wildman–Crippen LogP) is 6.16. The lowest BCUT2D eigenvalue weighted by atomic mass is 10.1. The highest BCUT2D eigenvalue weighted by molar-refractivity contribution is 9.10. The summed E-state index contributed by atoms with van der Waals surface area (Å²) in [6.45, 7) is 3.97. The number of carbonyl (C=O) groups excluding carboxylic acids is 1. The van der Waals surface area contributed by atoms with Crippen LogP contribution in [0, 0.1) is 25.2 Å². The van der Waals surface area contributed by atoms with Crippen molar-refractivity contribution in [2.75, 3.05) is 5.32 Å². The number of hydrogen-bond donors (Lipinski definition) is 1. The fraction of sp³-hybridized carbons (Fsp3) is 0.0909. The molecule has 3 aromatic rings. The molecule has 0 saturated heterocycles. The van der Waals surface area contributed by atoms with Crippen molar-refractivity contribution < 1.29 is 4.79 Å². The fourth-order valence-electron chi connectivity index (χ4n) is 2.98. The molecule has 140 valence electrons. The highest BCUT2D eigenvalue weighted by atomic mass is 79.9. The van der Waals surface area contributed by atoms with Gasteiger partial charge >= 0.3 is 0 Å². The lowest BCUT2D eigenvalue weighted by Gasteiger charge is -2.10. The number of nitrogens with one attached hydrogen (secondary N) is 1. The van der Waals surface area contributed by atoms with Gasteiger partial charge in [-0.2, -0.15) is 5.26 Å². The second kappa shape index (κ2) is 8.59. The number of amides is 1. The normalized spacial score (nSPS) is 11.2. The summed E-state index contributed by atoms with van der Waals surface area (Å²) in [6, 6.07) is 19.2. The van der Waals surface area contributed by atoms with Crippen LogP contribution in [-0.2, 0) is 4.79 Å². The Morgan fingerprint density at radius 1 is 1.07 bits per heavy atom. The van der Waals surface area contributed by atoms with Gasteiger partial charge in [0.25, 0.3) is 5.91 Å². The van der Waals surface area contributed by atoms with Gasteiger partial charge in [0.2, 0.25) is 0 Å². The monoisotopic (exact) mass is 497 g/mol. The Hall–Kier alpha value is -2.62. The Balaban J connectivity index is 1.93. The van der Waals surface area contributed by atoms with Crippen LogP contribution in [0.5, 0.6) is 0 Å². The Bertz CT molecular complexity index is 1110. The summed E-state index contributed by atoms with van der Waals surface area (Å²) in [7, 11) is 0. The quantitative estimate of drug-likeness (QED) is 0.345. The number of nitriles is 1. The zero-order valence-electron chi connectivity index (χ0n) is 15.3. The molecule has 28 heavy (non-hydrogen) atoms. The lowest BCUT2D eigenvalue weighted by Crippen LogP contribution is -2.13. The number of hydrogen-bond acceptors (Lipinski definition) is 2. The number of anilines is 1. The third-order valence-corrected chi connectivity index (χ3v) is 5.33. The summed E-state index contributed by atoms with van der Waals surface area (Å²) in [6.07, 6.45) is 1.63. The topological polar surface area (TPSA) is 57.8 Å². The Morgan fingerprint density at radius 2 is 1.79 bits per heavy atom. The molecule has 0 bridgehead atoms. The molecule has 0 unspecified atom stereocenters. The molecule has 0 atom stereocenters. The maximum Gasteiger partial charge on any atom is 0.266 e. The maximum atomic E-state index is 12.5. The van der Waals surface area contributed by atoms with Crippen LogP contribution in [0.2, 0.25) is 0 Å². The summed E-state index contributed by atoms with van der Waals surface area (Å²) >= 11 is 6.86. The minimum absolute atomic E-state index is 0.0532. The van der Waals surface area contributed by atoms with Crippen molar-refractivity contribution in [2.24, 2.45) is 0 Å². The number of halogens is 2. The smallest absolute Gasteiger partial charge is 0.266 e. The van der Waals surface area contributed by atoms with Crippen molar-refractivity contribution >= 4 is 49.5 Å². The third-order valence-electron chi connectivity index (χ3n) is 4.30. The largest absolute Gasteiger partial charge is 0.321 e. The van der Waals surface area contributed by atoms with Crippen molar-refractivity contribution in [1.82, 2.24) is 4.57 Å².